The van der Waals surface area contributed by atoms with Crippen molar-refractivity contribution >= 4 is 43.0 Å². The van der Waals surface area contributed by atoms with Gasteiger partial charge in [0.1, 0.15) is 11.5 Å². The summed E-state index contributed by atoms with van der Waals surface area (Å²) in [6.07, 6.45) is 0. The van der Waals surface area contributed by atoms with Crippen molar-refractivity contribution in [2.24, 2.45) is 0 Å². The Balaban J connectivity index is 1.48. The lowest BCUT2D eigenvalue weighted by atomic mass is 10.1. The fraction of sp³-hybridized carbons (Fsp3) is 0.107. The van der Waals surface area contributed by atoms with Crippen LogP contribution in [0.1, 0.15) is 15.9 Å². The summed E-state index contributed by atoms with van der Waals surface area (Å²) < 4.78 is 66.7. The van der Waals surface area contributed by atoms with Crippen molar-refractivity contribution in [3.05, 3.63) is 102 Å². The number of carbonyl (C=O) groups is 1. The Morgan fingerprint density at radius 3 is 1.93 bits per heavy atom. The van der Waals surface area contributed by atoms with Crippen molar-refractivity contribution in [2.75, 3.05) is 29.0 Å². The second-order valence-electron chi connectivity index (χ2n) is 8.60. The summed E-state index contributed by atoms with van der Waals surface area (Å²) in [5.41, 5.74) is 1.68. The van der Waals surface area contributed by atoms with Crippen LogP contribution < -0.4 is 24.2 Å². The molecular formula is C28H27N3O7S2. The van der Waals surface area contributed by atoms with Crippen molar-refractivity contribution in [3.8, 4) is 11.5 Å². The first kappa shape index (κ1) is 28.5. The van der Waals surface area contributed by atoms with Gasteiger partial charge in [0.15, 0.2) is 0 Å². The zero-order valence-corrected chi connectivity index (χ0v) is 23.5. The van der Waals surface area contributed by atoms with Gasteiger partial charge in [-0.25, -0.2) is 16.8 Å². The van der Waals surface area contributed by atoms with Gasteiger partial charge in [0.2, 0.25) is 0 Å². The summed E-state index contributed by atoms with van der Waals surface area (Å²) in [7, 11) is -4.90. The molecule has 4 rings (SSSR count). The van der Waals surface area contributed by atoms with Crippen LogP contribution in [0.3, 0.4) is 0 Å². The van der Waals surface area contributed by atoms with Crippen LogP contribution in [0, 0.1) is 6.92 Å². The van der Waals surface area contributed by atoms with E-state index in [0.29, 0.717) is 17.0 Å². The Bertz CT molecular complexity index is 1740. The van der Waals surface area contributed by atoms with Crippen LogP contribution in [0.25, 0.3) is 0 Å². The third-order valence-electron chi connectivity index (χ3n) is 5.87. The smallest absolute Gasteiger partial charge is 0.262 e. The molecule has 1 amide bonds. The summed E-state index contributed by atoms with van der Waals surface area (Å²) in [6.45, 7) is 1.72. The Morgan fingerprint density at radius 1 is 0.675 bits per heavy atom. The Labute approximate surface area is 233 Å². The number of sulfonamides is 2. The molecule has 0 aromatic heterocycles. The highest BCUT2D eigenvalue weighted by Gasteiger charge is 2.19. The lowest BCUT2D eigenvalue weighted by Crippen LogP contribution is -2.16. The van der Waals surface area contributed by atoms with Crippen molar-refractivity contribution in [3.63, 3.8) is 0 Å². The van der Waals surface area contributed by atoms with E-state index in [0.717, 1.165) is 0 Å². The molecule has 3 N–H and O–H groups in total. The maximum Gasteiger partial charge on any atom is 0.262 e. The van der Waals surface area contributed by atoms with Gasteiger partial charge in [-0.3, -0.25) is 14.2 Å². The molecule has 0 radical (unpaired) electrons. The minimum Gasteiger partial charge on any atom is -0.497 e. The van der Waals surface area contributed by atoms with Gasteiger partial charge in [-0.15, -0.1) is 0 Å². The molecule has 0 fully saturated rings. The molecule has 0 saturated heterocycles. The topological polar surface area (TPSA) is 140 Å². The zero-order chi connectivity index (χ0) is 28.9. The molecule has 0 aliphatic rings. The van der Waals surface area contributed by atoms with E-state index in [2.05, 4.69) is 14.8 Å². The first-order valence-corrected chi connectivity index (χ1v) is 14.8. The zero-order valence-electron chi connectivity index (χ0n) is 21.8. The standard InChI is InChI=1S/C28H27N3O7S2/c1-19-9-10-20(17-26(19)31-39(33,34)23-7-5-4-6-8-23)28(32)29-21-11-14-24(15-12-21)40(35,36)30-25-16-13-22(37-2)18-27(25)38-3/h4-18,30-31H,1-3H3,(H,29,32). The number of aryl methyl sites for hydroxylation is 1. The van der Waals surface area contributed by atoms with Crippen molar-refractivity contribution < 1.29 is 31.1 Å². The second kappa shape index (κ2) is 11.7. The van der Waals surface area contributed by atoms with E-state index in [9.17, 15) is 21.6 Å². The molecule has 208 valence electrons. The molecule has 0 unspecified atom stereocenters. The molecule has 4 aromatic rings. The number of ether oxygens (including phenoxy) is 2. The summed E-state index contributed by atoms with van der Waals surface area (Å²) in [6, 6.07) is 22.8. The lowest BCUT2D eigenvalue weighted by molar-refractivity contribution is 0.102. The average molecular weight is 582 g/mol. The molecular weight excluding hydrogens is 554 g/mol. The van der Waals surface area contributed by atoms with Crippen molar-refractivity contribution in [1.29, 1.82) is 0 Å². The van der Waals surface area contributed by atoms with Gasteiger partial charge in [-0.2, -0.15) is 0 Å². The number of carbonyl (C=O) groups excluding carboxylic acids is 1. The van der Waals surface area contributed by atoms with E-state index < -0.39 is 26.0 Å². The minimum atomic E-state index is -3.96. The van der Waals surface area contributed by atoms with Crippen LogP contribution >= 0.6 is 0 Å². The number of nitrogens with one attached hydrogen (secondary N) is 3. The summed E-state index contributed by atoms with van der Waals surface area (Å²) >= 11 is 0. The third kappa shape index (κ3) is 6.53. The SMILES string of the molecule is COc1ccc(NS(=O)(=O)c2ccc(NC(=O)c3ccc(C)c(NS(=O)(=O)c4ccccc4)c3)cc2)c(OC)c1. The highest BCUT2D eigenvalue weighted by molar-refractivity contribution is 7.93. The van der Waals surface area contributed by atoms with Gasteiger partial charge in [0.05, 0.1) is 35.4 Å². The third-order valence-corrected chi connectivity index (χ3v) is 8.64. The molecule has 0 heterocycles. The van der Waals surface area contributed by atoms with Gasteiger partial charge in [-0.1, -0.05) is 24.3 Å². The maximum atomic E-state index is 12.9. The largest absolute Gasteiger partial charge is 0.497 e. The number of anilines is 3. The number of methoxy groups -OCH3 is 2. The Hall–Kier alpha value is -4.55. The Kier molecular flexibility index (Phi) is 8.31. The molecule has 0 spiro atoms. The van der Waals surface area contributed by atoms with Crippen LogP contribution in [-0.2, 0) is 20.0 Å². The summed E-state index contributed by atoms with van der Waals surface area (Å²) in [4.78, 5) is 13.0. The number of rotatable bonds is 10. The van der Waals surface area contributed by atoms with Crippen molar-refractivity contribution in [1.82, 2.24) is 0 Å². The van der Waals surface area contributed by atoms with Gasteiger partial charge < -0.3 is 14.8 Å². The quantitative estimate of drug-likeness (QED) is 0.243. The summed E-state index contributed by atoms with van der Waals surface area (Å²) in [5.74, 6) is 0.293. The predicted octanol–water partition coefficient (Wildman–Crippen LogP) is 4.87. The second-order valence-corrected chi connectivity index (χ2v) is 12.0. The average Bonchev–Trinajstić information content (AvgIpc) is 2.95. The first-order valence-electron chi connectivity index (χ1n) is 11.9. The van der Waals surface area contributed by atoms with Crippen LogP contribution in [-0.4, -0.2) is 37.0 Å². The van der Waals surface area contributed by atoms with Gasteiger partial charge in [-0.05, 0) is 73.2 Å². The van der Waals surface area contributed by atoms with Crippen molar-refractivity contribution in [2.45, 2.75) is 16.7 Å². The van der Waals surface area contributed by atoms with Crippen LogP contribution in [0.4, 0.5) is 17.1 Å². The van der Waals surface area contributed by atoms with E-state index in [4.69, 9.17) is 9.47 Å². The van der Waals surface area contributed by atoms with E-state index >= 15 is 0 Å². The normalized spacial score (nSPS) is 11.4. The summed E-state index contributed by atoms with van der Waals surface area (Å²) in [5, 5.41) is 2.69. The predicted molar refractivity (Wildman–Crippen MR) is 153 cm³/mol. The van der Waals surface area contributed by atoms with E-state index in [1.807, 2.05) is 0 Å². The lowest BCUT2D eigenvalue weighted by Gasteiger charge is -2.14. The maximum absolute atomic E-state index is 12.9. The Morgan fingerprint density at radius 2 is 1.30 bits per heavy atom. The van der Waals surface area contributed by atoms with Gasteiger partial charge >= 0.3 is 0 Å². The van der Waals surface area contributed by atoms with E-state index in [-0.39, 0.29) is 32.5 Å². The van der Waals surface area contributed by atoms with Gasteiger partial charge in [0, 0.05) is 17.3 Å². The molecule has 0 aliphatic carbocycles. The molecule has 40 heavy (non-hydrogen) atoms. The molecule has 4 aromatic carbocycles. The van der Waals surface area contributed by atoms with Crippen LogP contribution in [0.5, 0.6) is 11.5 Å². The van der Waals surface area contributed by atoms with Gasteiger partial charge in [0.25, 0.3) is 26.0 Å². The van der Waals surface area contributed by atoms with Crippen LogP contribution in [0.2, 0.25) is 0 Å². The number of benzene rings is 4. The molecule has 0 saturated carbocycles. The van der Waals surface area contributed by atoms with E-state index in [1.54, 1.807) is 49.4 Å². The first-order chi connectivity index (χ1) is 19.0. The highest BCUT2D eigenvalue weighted by atomic mass is 32.2. The fourth-order valence-electron chi connectivity index (χ4n) is 3.68. The number of hydrogen-bond acceptors (Lipinski definition) is 7. The fourth-order valence-corrected chi connectivity index (χ4v) is 5.90. The molecule has 0 atom stereocenters. The molecule has 0 bridgehead atoms. The van der Waals surface area contributed by atoms with E-state index in [1.165, 1.54) is 62.8 Å². The molecule has 12 heteroatoms. The molecule has 10 nitrogen and oxygen atoms in total. The number of amides is 1. The highest BCUT2D eigenvalue weighted by Crippen LogP contribution is 2.31. The molecule has 0 aliphatic heterocycles. The minimum absolute atomic E-state index is 0.0312. The number of hydrogen-bond donors (Lipinski definition) is 3. The van der Waals surface area contributed by atoms with Crippen LogP contribution in [0.15, 0.2) is 101 Å². The monoisotopic (exact) mass is 581 g/mol.